The highest BCUT2D eigenvalue weighted by atomic mass is 35.5. The van der Waals surface area contributed by atoms with E-state index < -0.39 is 0 Å². The highest BCUT2D eigenvalue weighted by molar-refractivity contribution is 6.31. The summed E-state index contributed by atoms with van der Waals surface area (Å²) in [7, 11) is 0. The van der Waals surface area contributed by atoms with Crippen LogP contribution in [0, 0.1) is 0 Å². The largest absolute Gasteiger partial charge is 0.306 e. The smallest absolute Gasteiger partial charge is 0.0592 e. The first-order chi connectivity index (χ1) is 9.22. The van der Waals surface area contributed by atoms with Crippen LogP contribution in [0.3, 0.4) is 0 Å². The quantitative estimate of drug-likeness (QED) is 0.810. The van der Waals surface area contributed by atoms with Crippen molar-refractivity contribution in [1.82, 2.24) is 5.32 Å². The van der Waals surface area contributed by atoms with Gasteiger partial charge in [0.2, 0.25) is 0 Å². The van der Waals surface area contributed by atoms with Crippen molar-refractivity contribution < 1.29 is 0 Å². The molecule has 2 rings (SSSR count). The minimum atomic E-state index is 0.0762. The molecule has 0 heterocycles. The number of hydrogen-bond donors (Lipinski definition) is 1. The maximum Gasteiger partial charge on any atom is 0.0592 e. The van der Waals surface area contributed by atoms with Crippen LogP contribution in [0.2, 0.25) is 10.0 Å². The molecule has 1 nitrogen and oxygen atoms in total. The molecule has 1 unspecified atom stereocenters. The summed E-state index contributed by atoms with van der Waals surface area (Å²) in [5, 5.41) is 5.04. The monoisotopic (exact) mass is 293 g/mol. The first kappa shape index (κ1) is 14.4. The highest BCUT2D eigenvalue weighted by Crippen LogP contribution is 2.29. The van der Waals surface area contributed by atoms with Gasteiger partial charge in [0.05, 0.1) is 6.04 Å². The molecule has 0 bridgehead atoms. The first-order valence-corrected chi connectivity index (χ1v) is 7.21. The number of benzene rings is 2. The van der Waals surface area contributed by atoms with E-state index in [4.69, 9.17) is 23.2 Å². The Kier molecular flexibility index (Phi) is 5.26. The molecule has 0 aliphatic heterocycles. The molecule has 0 aromatic heterocycles. The number of rotatable bonds is 5. The molecule has 100 valence electrons. The lowest BCUT2D eigenvalue weighted by atomic mass is 9.98. The van der Waals surface area contributed by atoms with Crippen LogP contribution < -0.4 is 5.32 Å². The molecular formula is C16H17Cl2N. The van der Waals surface area contributed by atoms with Gasteiger partial charge in [-0.2, -0.15) is 0 Å². The molecule has 0 aliphatic rings. The van der Waals surface area contributed by atoms with E-state index in [1.54, 1.807) is 0 Å². The third-order valence-corrected chi connectivity index (χ3v) is 3.58. The molecule has 1 N–H and O–H groups in total. The van der Waals surface area contributed by atoms with Gasteiger partial charge in [-0.1, -0.05) is 60.5 Å². The van der Waals surface area contributed by atoms with Crippen molar-refractivity contribution in [3.8, 4) is 0 Å². The summed E-state index contributed by atoms with van der Waals surface area (Å²) >= 11 is 12.4. The molecule has 0 radical (unpaired) electrons. The third-order valence-electron chi connectivity index (χ3n) is 3.00. The van der Waals surface area contributed by atoms with Gasteiger partial charge >= 0.3 is 0 Å². The summed E-state index contributed by atoms with van der Waals surface area (Å²) < 4.78 is 0. The Bertz CT molecular complexity index is 540. The summed E-state index contributed by atoms with van der Waals surface area (Å²) in [6.45, 7) is 3.08. The van der Waals surface area contributed by atoms with Crippen molar-refractivity contribution >= 4 is 23.2 Å². The topological polar surface area (TPSA) is 12.0 Å². The predicted molar refractivity (Wildman–Crippen MR) is 83.0 cm³/mol. The summed E-state index contributed by atoms with van der Waals surface area (Å²) in [5.74, 6) is 0. The Morgan fingerprint density at radius 3 is 2.53 bits per heavy atom. The summed E-state index contributed by atoms with van der Waals surface area (Å²) in [5.41, 5.74) is 2.22. The fourth-order valence-corrected chi connectivity index (χ4v) is 2.53. The van der Waals surface area contributed by atoms with Crippen molar-refractivity contribution in [1.29, 1.82) is 0 Å². The SMILES string of the molecule is CCCNC(c1cccc(Cl)c1)c1ccccc1Cl. The van der Waals surface area contributed by atoms with E-state index in [-0.39, 0.29) is 6.04 Å². The second kappa shape index (κ2) is 6.95. The van der Waals surface area contributed by atoms with Crippen LogP contribution in [-0.4, -0.2) is 6.54 Å². The average Bonchev–Trinajstić information content (AvgIpc) is 2.41. The van der Waals surface area contributed by atoms with E-state index in [1.807, 2.05) is 36.4 Å². The van der Waals surface area contributed by atoms with Crippen LogP contribution in [0.1, 0.15) is 30.5 Å². The molecule has 0 saturated carbocycles. The molecule has 0 spiro atoms. The van der Waals surface area contributed by atoms with Crippen molar-refractivity contribution in [2.75, 3.05) is 6.54 Å². The zero-order valence-corrected chi connectivity index (χ0v) is 12.4. The van der Waals surface area contributed by atoms with Gasteiger partial charge in [0.1, 0.15) is 0 Å². The summed E-state index contributed by atoms with van der Waals surface area (Å²) in [6.07, 6.45) is 1.07. The lowest BCUT2D eigenvalue weighted by molar-refractivity contribution is 0.599. The molecule has 3 heteroatoms. The van der Waals surface area contributed by atoms with Crippen LogP contribution >= 0.6 is 23.2 Å². The lowest BCUT2D eigenvalue weighted by Gasteiger charge is -2.21. The lowest BCUT2D eigenvalue weighted by Crippen LogP contribution is -2.23. The van der Waals surface area contributed by atoms with Gasteiger partial charge in [-0.3, -0.25) is 0 Å². The molecule has 0 amide bonds. The van der Waals surface area contributed by atoms with E-state index in [2.05, 4.69) is 24.4 Å². The second-order valence-electron chi connectivity index (χ2n) is 4.46. The Labute approximate surface area is 124 Å². The molecular weight excluding hydrogens is 277 g/mol. The van der Waals surface area contributed by atoms with E-state index in [9.17, 15) is 0 Å². The molecule has 0 aliphatic carbocycles. The Morgan fingerprint density at radius 1 is 1.05 bits per heavy atom. The zero-order chi connectivity index (χ0) is 13.7. The fourth-order valence-electron chi connectivity index (χ4n) is 2.09. The fraction of sp³-hybridized carbons (Fsp3) is 0.250. The van der Waals surface area contributed by atoms with Gasteiger partial charge in [0.25, 0.3) is 0 Å². The van der Waals surface area contributed by atoms with Crippen LogP contribution in [0.15, 0.2) is 48.5 Å². The van der Waals surface area contributed by atoms with E-state index in [0.717, 1.165) is 34.1 Å². The second-order valence-corrected chi connectivity index (χ2v) is 5.31. The Balaban J connectivity index is 2.38. The molecule has 19 heavy (non-hydrogen) atoms. The van der Waals surface area contributed by atoms with E-state index in [1.165, 1.54) is 0 Å². The van der Waals surface area contributed by atoms with Gasteiger partial charge in [-0.25, -0.2) is 0 Å². The molecule has 0 fully saturated rings. The molecule has 2 aromatic carbocycles. The number of hydrogen-bond acceptors (Lipinski definition) is 1. The van der Waals surface area contributed by atoms with E-state index >= 15 is 0 Å². The maximum absolute atomic E-state index is 6.31. The van der Waals surface area contributed by atoms with Crippen molar-refractivity contribution in [2.45, 2.75) is 19.4 Å². The summed E-state index contributed by atoms with van der Waals surface area (Å²) in [4.78, 5) is 0. The van der Waals surface area contributed by atoms with Crippen molar-refractivity contribution in [3.63, 3.8) is 0 Å². The molecule has 0 saturated heterocycles. The zero-order valence-electron chi connectivity index (χ0n) is 10.9. The minimum absolute atomic E-state index is 0.0762. The highest BCUT2D eigenvalue weighted by Gasteiger charge is 2.16. The van der Waals surface area contributed by atoms with Crippen LogP contribution in [0.5, 0.6) is 0 Å². The number of nitrogens with one attached hydrogen (secondary N) is 1. The van der Waals surface area contributed by atoms with E-state index in [0.29, 0.717) is 0 Å². The third kappa shape index (κ3) is 3.73. The average molecular weight is 294 g/mol. The van der Waals surface area contributed by atoms with Crippen LogP contribution in [0.25, 0.3) is 0 Å². The Hall–Kier alpha value is -1.02. The molecule has 2 aromatic rings. The van der Waals surface area contributed by atoms with Crippen molar-refractivity contribution in [2.24, 2.45) is 0 Å². The van der Waals surface area contributed by atoms with Crippen LogP contribution in [-0.2, 0) is 0 Å². The van der Waals surface area contributed by atoms with Gasteiger partial charge in [-0.05, 0) is 42.3 Å². The van der Waals surface area contributed by atoms with Gasteiger partial charge < -0.3 is 5.32 Å². The predicted octanol–water partition coefficient (Wildman–Crippen LogP) is 5.08. The normalized spacial score (nSPS) is 12.4. The molecule has 1 atom stereocenters. The number of halogens is 2. The maximum atomic E-state index is 6.31. The Morgan fingerprint density at radius 2 is 1.84 bits per heavy atom. The van der Waals surface area contributed by atoms with Gasteiger partial charge in [-0.15, -0.1) is 0 Å². The van der Waals surface area contributed by atoms with Gasteiger partial charge in [0.15, 0.2) is 0 Å². The minimum Gasteiger partial charge on any atom is -0.306 e. The summed E-state index contributed by atoms with van der Waals surface area (Å²) in [6, 6.07) is 15.9. The standard InChI is InChI=1S/C16H17Cl2N/c1-2-10-19-16(12-6-5-7-13(17)11-12)14-8-3-4-9-15(14)18/h3-9,11,16,19H,2,10H2,1H3. The van der Waals surface area contributed by atoms with Gasteiger partial charge in [0, 0.05) is 10.0 Å². The first-order valence-electron chi connectivity index (χ1n) is 6.45. The van der Waals surface area contributed by atoms with Crippen LogP contribution in [0.4, 0.5) is 0 Å². The van der Waals surface area contributed by atoms with Crippen molar-refractivity contribution in [3.05, 3.63) is 69.7 Å².